The van der Waals surface area contributed by atoms with E-state index in [9.17, 15) is 4.79 Å². The number of hydrogen-bond acceptors (Lipinski definition) is 5. The average molecular weight is 374 g/mol. The van der Waals surface area contributed by atoms with E-state index in [1.165, 1.54) is 16.6 Å². The second-order valence-electron chi connectivity index (χ2n) is 5.21. The van der Waals surface area contributed by atoms with Crippen LogP contribution in [0, 0.1) is 0 Å². The molecule has 0 aliphatic heterocycles. The van der Waals surface area contributed by atoms with Crippen LogP contribution >= 0.6 is 23.4 Å². The number of carbonyl (C=O) groups is 1. The van der Waals surface area contributed by atoms with Gasteiger partial charge in [0.05, 0.1) is 11.3 Å². The number of halogens is 1. The molecule has 0 radical (unpaired) electrons. The Hall–Kier alpha value is -2.38. The Bertz CT molecular complexity index is 826. The number of aromatic nitrogens is 4. The second kappa shape index (κ2) is 8.64. The van der Waals surface area contributed by atoms with Gasteiger partial charge < -0.3 is 5.32 Å². The normalized spacial score (nSPS) is 10.6. The Morgan fingerprint density at radius 3 is 2.80 bits per heavy atom. The molecule has 0 saturated heterocycles. The maximum absolute atomic E-state index is 12.5. The number of carbonyl (C=O) groups excluding carboxylic acids is 1. The van der Waals surface area contributed by atoms with Gasteiger partial charge in [-0.2, -0.15) is 16.4 Å². The van der Waals surface area contributed by atoms with Crippen LogP contribution in [0.4, 0.5) is 0 Å². The molecule has 128 valence electrons. The molecule has 6 nitrogen and oxygen atoms in total. The smallest absolute Gasteiger partial charge is 0.253 e. The maximum Gasteiger partial charge on any atom is 0.253 e. The van der Waals surface area contributed by atoms with Crippen molar-refractivity contribution in [3.63, 3.8) is 0 Å². The predicted octanol–water partition coefficient (Wildman–Crippen LogP) is 2.98. The molecule has 1 aromatic heterocycles. The molecule has 3 rings (SSSR count). The summed E-state index contributed by atoms with van der Waals surface area (Å²) in [6, 6.07) is 15.3. The number of benzene rings is 2. The van der Waals surface area contributed by atoms with Crippen LogP contribution in [0.3, 0.4) is 0 Å². The van der Waals surface area contributed by atoms with Crippen molar-refractivity contribution in [1.29, 1.82) is 0 Å². The van der Waals surface area contributed by atoms with E-state index in [1.54, 1.807) is 30.0 Å². The first-order valence-corrected chi connectivity index (χ1v) is 9.20. The topological polar surface area (TPSA) is 72.7 Å². The van der Waals surface area contributed by atoms with Crippen LogP contribution in [0.15, 0.2) is 54.9 Å². The summed E-state index contributed by atoms with van der Waals surface area (Å²) in [6.07, 6.45) is 1.44. The fourth-order valence-corrected chi connectivity index (χ4v) is 3.25. The predicted molar refractivity (Wildman–Crippen MR) is 99.1 cm³/mol. The van der Waals surface area contributed by atoms with Crippen LogP contribution in [0.1, 0.15) is 15.9 Å². The van der Waals surface area contributed by atoms with Crippen molar-refractivity contribution >= 4 is 29.3 Å². The van der Waals surface area contributed by atoms with E-state index in [4.69, 9.17) is 11.6 Å². The van der Waals surface area contributed by atoms with Gasteiger partial charge in [0.1, 0.15) is 6.33 Å². The van der Waals surface area contributed by atoms with Gasteiger partial charge in [0.25, 0.3) is 5.91 Å². The SMILES string of the molecule is O=C(NCCSCc1ccccc1)c1cc(Cl)ccc1-n1cnnn1. The van der Waals surface area contributed by atoms with Crippen molar-refractivity contribution in [2.45, 2.75) is 5.75 Å². The second-order valence-corrected chi connectivity index (χ2v) is 6.75. The lowest BCUT2D eigenvalue weighted by Gasteiger charge is -2.10. The molecule has 0 fully saturated rings. The fraction of sp³-hybridized carbons (Fsp3) is 0.176. The van der Waals surface area contributed by atoms with Gasteiger partial charge in [-0.15, -0.1) is 5.10 Å². The molecule has 3 aromatic rings. The van der Waals surface area contributed by atoms with Gasteiger partial charge >= 0.3 is 0 Å². The molecule has 0 unspecified atom stereocenters. The van der Waals surface area contributed by atoms with Gasteiger partial charge in [-0.25, -0.2) is 0 Å². The molecule has 1 N–H and O–H groups in total. The summed E-state index contributed by atoms with van der Waals surface area (Å²) in [5.74, 6) is 1.54. The van der Waals surface area contributed by atoms with Crippen molar-refractivity contribution in [1.82, 2.24) is 25.5 Å². The highest BCUT2D eigenvalue weighted by Gasteiger charge is 2.14. The van der Waals surface area contributed by atoms with Gasteiger partial charge in [0.15, 0.2) is 0 Å². The number of thioether (sulfide) groups is 1. The van der Waals surface area contributed by atoms with Crippen LogP contribution < -0.4 is 5.32 Å². The third-order valence-corrected chi connectivity index (χ3v) is 4.71. The Morgan fingerprint density at radius 2 is 2.04 bits per heavy atom. The van der Waals surface area contributed by atoms with E-state index in [-0.39, 0.29) is 5.91 Å². The van der Waals surface area contributed by atoms with Gasteiger partial charge in [-0.1, -0.05) is 41.9 Å². The van der Waals surface area contributed by atoms with Crippen molar-refractivity contribution < 1.29 is 4.79 Å². The standard InChI is InChI=1S/C17H16ClN5OS/c18-14-6-7-16(23-12-20-21-22-23)15(10-14)17(24)19-8-9-25-11-13-4-2-1-3-5-13/h1-7,10,12H,8-9,11H2,(H,19,24). The minimum absolute atomic E-state index is 0.201. The minimum atomic E-state index is -0.201. The first-order valence-electron chi connectivity index (χ1n) is 7.67. The summed E-state index contributed by atoms with van der Waals surface area (Å²) in [5.41, 5.74) is 2.30. The zero-order valence-electron chi connectivity index (χ0n) is 13.3. The van der Waals surface area contributed by atoms with Crippen LogP contribution in [0.2, 0.25) is 5.02 Å². The van der Waals surface area contributed by atoms with Gasteiger partial charge in [0, 0.05) is 23.1 Å². The summed E-state index contributed by atoms with van der Waals surface area (Å²) >= 11 is 7.80. The van der Waals surface area contributed by atoms with Crippen molar-refractivity contribution in [2.24, 2.45) is 0 Å². The molecular formula is C17H16ClN5OS. The summed E-state index contributed by atoms with van der Waals surface area (Å²) in [6.45, 7) is 0.567. The van der Waals surface area contributed by atoms with Crippen molar-refractivity contribution in [3.05, 3.63) is 71.0 Å². The number of amides is 1. The molecule has 0 saturated carbocycles. The van der Waals surface area contributed by atoms with Crippen molar-refractivity contribution in [3.8, 4) is 5.69 Å². The summed E-state index contributed by atoms with van der Waals surface area (Å²) in [7, 11) is 0. The van der Waals surface area contributed by atoms with Crippen LogP contribution in [-0.4, -0.2) is 38.4 Å². The monoisotopic (exact) mass is 373 g/mol. The van der Waals surface area contributed by atoms with E-state index in [2.05, 4.69) is 33.0 Å². The van der Waals surface area contributed by atoms with Gasteiger partial charge in [0.2, 0.25) is 0 Å². The van der Waals surface area contributed by atoms with E-state index >= 15 is 0 Å². The lowest BCUT2D eigenvalue weighted by Crippen LogP contribution is -2.27. The van der Waals surface area contributed by atoms with Crippen LogP contribution in [0.25, 0.3) is 5.69 Å². The Morgan fingerprint density at radius 1 is 1.20 bits per heavy atom. The highest BCUT2D eigenvalue weighted by molar-refractivity contribution is 7.98. The third-order valence-electron chi connectivity index (χ3n) is 3.44. The lowest BCUT2D eigenvalue weighted by atomic mass is 10.1. The van der Waals surface area contributed by atoms with Crippen LogP contribution in [-0.2, 0) is 5.75 Å². The Balaban J connectivity index is 1.55. The largest absolute Gasteiger partial charge is 0.351 e. The minimum Gasteiger partial charge on any atom is -0.351 e. The van der Waals surface area contributed by atoms with Gasteiger partial charge in [-0.05, 0) is 34.2 Å². The molecule has 0 aliphatic carbocycles. The first kappa shape index (κ1) is 17.4. The summed E-state index contributed by atoms with van der Waals surface area (Å²) < 4.78 is 1.44. The first-order chi connectivity index (χ1) is 12.2. The molecule has 1 amide bonds. The van der Waals surface area contributed by atoms with E-state index in [0.717, 1.165) is 11.5 Å². The maximum atomic E-state index is 12.5. The number of nitrogens with one attached hydrogen (secondary N) is 1. The highest BCUT2D eigenvalue weighted by Crippen LogP contribution is 2.19. The molecule has 1 heterocycles. The van der Waals surface area contributed by atoms with Crippen LogP contribution in [0.5, 0.6) is 0 Å². The molecule has 2 aromatic carbocycles. The Labute approximate surface area is 154 Å². The Kier molecular flexibility index (Phi) is 6.03. The quantitative estimate of drug-likeness (QED) is 0.644. The van der Waals surface area contributed by atoms with Crippen molar-refractivity contribution in [2.75, 3.05) is 12.3 Å². The zero-order chi connectivity index (χ0) is 17.5. The van der Waals surface area contributed by atoms with Gasteiger partial charge in [-0.3, -0.25) is 4.79 Å². The van der Waals surface area contributed by atoms with E-state index in [1.807, 2.05) is 18.2 Å². The molecule has 8 heteroatoms. The average Bonchev–Trinajstić information content (AvgIpc) is 3.16. The van der Waals surface area contributed by atoms with E-state index in [0.29, 0.717) is 22.8 Å². The lowest BCUT2D eigenvalue weighted by molar-refractivity contribution is 0.0956. The van der Waals surface area contributed by atoms with E-state index < -0.39 is 0 Å². The zero-order valence-corrected chi connectivity index (χ0v) is 14.9. The molecule has 0 aliphatic rings. The summed E-state index contributed by atoms with van der Waals surface area (Å²) in [5, 5.41) is 14.4. The molecular weight excluding hydrogens is 358 g/mol. The molecule has 25 heavy (non-hydrogen) atoms. The third kappa shape index (κ3) is 4.80. The molecule has 0 atom stereocenters. The fourth-order valence-electron chi connectivity index (χ4n) is 2.26. The number of nitrogens with zero attached hydrogens (tertiary/aromatic N) is 4. The molecule has 0 spiro atoms. The number of rotatable bonds is 7. The number of hydrogen-bond donors (Lipinski definition) is 1. The molecule has 0 bridgehead atoms. The highest BCUT2D eigenvalue weighted by atomic mass is 35.5. The number of tetrazole rings is 1. The summed E-state index contributed by atoms with van der Waals surface area (Å²) in [4.78, 5) is 12.5.